The van der Waals surface area contributed by atoms with Crippen molar-refractivity contribution in [1.29, 1.82) is 0 Å². The van der Waals surface area contributed by atoms with E-state index in [4.69, 9.17) is 0 Å². The molecule has 0 unspecified atom stereocenters. The second-order valence-electron chi connectivity index (χ2n) is 3.67. The average molecular weight is 276 g/mol. The molecule has 0 amide bonds. The molecule has 1 N–H and O–H groups in total. The molecular formula is C10H14BrNOS. The number of nitrogens with one attached hydrogen (secondary N) is 1. The van der Waals surface area contributed by atoms with E-state index >= 15 is 0 Å². The Morgan fingerprint density at radius 1 is 1.64 bits per heavy atom. The third-order valence-electron chi connectivity index (χ3n) is 2.33. The number of rotatable bonds is 4. The molecule has 4 heteroatoms. The van der Waals surface area contributed by atoms with Gasteiger partial charge in [0.2, 0.25) is 0 Å². The van der Waals surface area contributed by atoms with E-state index in [0.29, 0.717) is 6.42 Å². The fraction of sp³-hybridized carbons (Fsp3) is 0.500. The van der Waals surface area contributed by atoms with Gasteiger partial charge in [0.25, 0.3) is 0 Å². The molecule has 1 aromatic rings. The van der Waals surface area contributed by atoms with Crippen molar-refractivity contribution < 1.29 is 4.79 Å². The molecule has 0 aliphatic carbocycles. The lowest BCUT2D eigenvalue weighted by molar-refractivity contribution is -0.123. The zero-order valence-electron chi connectivity index (χ0n) is 8.56. The van der Waals surface area contributed by atoms with Crippen LogP contribution in [-0.4, -0.2) is 18.4 Å². The summed E-state index contributed by atoms with van der Waals surface area (Å²) in [6, 6.07) is 1.97. The first-order valence-electron chi connectivity index (χ1n) is 4.41. The maximum absolute atomic E-state index is 11.8. The lowest BCUT2D eigenvalue weighted by atomic mass is 9.96. The normalized spacial score (nSPS) is 11.7. The molecule has 0 saturated heterocycles. The summed E-state index contributed by atoms with van der Waals surface area (Å²) in [5.41, 5.74) is -0.441. The van der Waals surface area contributed by atoms with Crippen molar-refractivity contribution in [3.8, 4) is 0 Å². The van der Waals surface area contributed by atoms with Crippen molar-refractivity contribution in [3.05, 3.63) is 20.8 Å². The lowest BCUT2D eigenvalue weighted by Gasteiger charge is -2.21. The third kappa shape index (κ3) is 2.65. The minimum atomic E-state index is -0.441. The molecule has 1 aromatic heterocycles. The molecule has 0 spiro atoms. The predicted octanol–water partition coefficient (Wildman–Crippen LogP) is 2.62. The topological polar surface area (TPSA) is 29.1 Å². The fourth-order valence-corrected chi connectivity index (χ4v) is 2.45. The summed E-state index contributed by atoms with van der Waals surface area (Å²) in [5.74, 6) is 0.211. The van der Waals surface area contributed by atoms with E-state index in [0.717, 1.165) is 9.35 Å². The van der Waals surface area contributed by atoms with Crippen LogP contribution in [0, 0.1) is 0 Å². The molecule has 78 valence electrons. The first-order valence-corrected chi connectivity index (χ1v) is 6.08. The summed E-state index contributed by atoms with van der Waals surface area (Å²) in [7, 11) is 1.81. The summed E-state index contributed by atoms with van der Waals surface area (Å²) in [5, 5.41) is 5.00. The summed E-state index contributed by atoms with van der Waals surface area (Å²) < 4.78 is 1.03. The van der Waals surface area contributed by atoms with E-state index in [-0.39, 0.29) is 5.78 Å². The largest absolute Gasteiger partial charge is 0.308 e. The van der Waals surface area contributed by atoms with Gasteiger partial charge in [-0.2, -0.15) is 0 Å². The fourth-order valence-electron chi connectivity index (χ4n) is 0.957. The Labute approximate surface area is 96.8 Å². The number of likely N-dealkylation sites (N-methyl/N-ethyl adjacent to an activating group) is 1. The quantitative estimate of drug-likeness (QED) is 0.916. The second kappa shape index (κ2) is 4.55. The minimum absolute atomic E-state index is 0.211. The highest BCUT2D eigenvalue weighted by Crippen LogP contribution is 2.24. The van der Waals surface area contributed by atoms with E-state index in [1.165, 1.54) is 0 Å². The minimum Gasteiger partial charge on any atom is -0.308 e. The average Bonchev–Trinajstić information content (AvgIpc) is 2.52. The van der Waals surface area contributed by atoms with Gasteiger partial charge < -0.3 is 5.32 Å². The number of halogens is 1. The number of carbonyl (C=O) groups is 1. The van der Waals surface area contributed by atoms with Gasteiger partial charge in [0, 0.05) is 15.8 Å². The van der Waals surface area contributed by atoms with Crippen LogP contribution >= 0.6 is 27.3 Å². The first kappa shape index (κ1) is 11.9. The maximum Gasteiger partial charge on any atom is 0.157 e. The lowest BCUT2D eigenvalue weighted by Crippen LogP contribution is -2.45. The number of Topliss-reactive ketones (excluding diaryl/α,β-unsaturated/α-hetero) is 1. The molecular weight excluding hydrogens is 262 g/mol. The SMILES string of the molecule is CNC(C)(C)C(=O)Cc1sccc1Br. The Morgan fingerprint density at radius 3 is 2.71 bits per heavy atom. The second-order valence-corrected chi connectivity index (χ2v) is 5.52. The number of hydrogen-bond acceptors (Lipinski definition) is 3. The Kier molecular flexibility index (Phi) is 3.86. The Hall–Kier alpha value is -0.190. The van der Waals surface area contributed by atoms with E-state index in [1.807, 2.05) is 25.3 Å². The van der Waals surface area contributed by atoms with E-state index in [9.17, 15) is 4.79 Å². The van der Waals surface area contributed by atoms with Crippen molar-refractivity contribution in [2.75, 3.05) is 7.05 Å². The van der Waals surface area contributed by atoms with E-state index < -0.39 is 5.54 Å². The van der Waals surface area contributed by atoms with Crippen molar-refractivity contribution in [2.45, 2.75) is 25.8 Å². The summed E-state index contributed by atoms with van der Waals surface area (Å²) >= 11 is 5.03. The highest BCUT2D eigenvalue weighted by Gasteiger charge is 2.25. The molecule has 0 aliphatic heterocycles. The van der Waals surface area contributed by atoms with Gasteiger partial charge >= 0.3 is 0 Å². The molecule has 0 radical (unpaired) electrons. The molecule has 14 heavy (non-hydrogen) atoms. The molecule has 0 atom stereocenters. The smallest absolute Gasteiger partial charge is 0.157 e. The van der Waals surface area contributed by atoms with Crippen LogP contribution in [-0.2, 0) is 11.2 Å². The van der Waals surface area contributed by atoms with Gasteiger partial charge in [-0.15, -0.1) is 11.3 Å². The van der Waals surface area contributed by atoms with Crippen LogP contribution < -0.4 is 5.32 Å². The van der Waals surface area contributed by atoms with Crippen LogP contribution in [0.3, 0.4) is 0 Å². The predicted molar refractivity (Wildman–Crippen MR) is 63.9 cm³/mol. The van der Waals surface area contributed by atoms with E-state index in [1.54, 1.807) is 18.4 Å². The number of hydrogen-bond donors (Lipinski definition) is 1. The summed E-state index contributed by atoms with van der Waals surface area (Å²) in [6.45, 7) is 3.80. The van der Waals surface area contributed by atoms with Gasteiger partial charge in [0.1, 0.15) is 0 Å². The molecule has 2 nitrogen and oxygen atoms in total. The van der Waals surface area contributed by atoms with Crippen molar-refractivity contribution in [3.63, 3.8) is 0 Å². The van der Waals surface area contributed by atoms with Crippen molar-refractivity contribution in [2.24, 2.45) is 0 Å². The molecule has 0 saturated carbocycles. The van der Waals surface area contributed by atoms with Crippen molar-refractivity contribution in [1.82, 2.24) is 5.32 Å². The highest BCUT2D eigenvalue weighted by atomic mass is 79.9. The number of ketones is 1. The van der Waals surface area contributed by atoms with Crippen LogP contribution in [0.5, 0.6) is 0 Å². The van der Waals surface area contributed by atoms with Crippen molar-refractivity contribution >= 4 is 33.0 Å². The van der Waals surface area contributed by atoms with Crippen LogP contribution in [0.2, 0.25) is 0 Å². The van der Waals surface area contributed by atoms with Gasteiger partial charge in [-0.3, -0.25) is 4.79 Å². The Balaban J connectivity index is 2.71. The maximum atomic E-state index is 11.8. The van der Waals surface area contributed by atoms with Gasteiger partial charge in [0.15, 0.2) is 5.78 Å². The molecule has 1 heterocycles. The zero-order valence-corrected chi connectivity index (χ0v) is 11.0. The molecule has 0 aromatic carbocycles. The van der Waals surface area contributed by atoms with Crippen LogP contribution in [0.1, 0.15) is 18.7 Å². The molecule has 1 rings (SSSR count). The standard InChI is InChI=1S/C10H14BrNOS/c1-10(2,12-3)9(13)6-8-7(11)4-5-14-8/h4-5,12H,6H2,1-3H3. The van der Waals surface area contributed by atoms with Gasteiger partial charge in [0.05, 0.1) is 5.54 Å². The third-order valence-corrected chi connectivity index (χ3v) is 4.26. The van der Waals surface area contributed by atoms with E-state index in [2.05, 4.69) is 21.2 Å². The molecule has 0 bridgehead atoms. The Morgan fingerprint density at radius 2 is 2.29 bits per heavy atom. The van der Waals surface area contributed by atoms with Gasteiger partial charge in [-0.05, 0) is 48.3 Å². The molecule has 0 fully saturated rings. The summed E-state index contributed by atoms with van der Waals surface area (Å²) in [6.07, 6.45) is 0.492. The number of thiophene rings is 1. The molecule has 0 aliphatic rings. The highest BCUT2D eigenvalue weighted by molar-refractivity contribution is 9.10. The first-order chi connectivity index (χ1) is 6.47. The van der Waals surface area contributed by atoms with Gasteiger partial charge in [-0.1, -0.05) is 0 Å². The number of carbonyl (C=O) groups excluding carboxylic acids is 1. The van der Waals surface area contributed by atoms with Crippen LogP contribution in [0.4, 0.5) is 0 Å². The Bertz CT molecular complexity index is 333. The van der Waals surface area contributed by atoms with Gasteiger partial charge in [-0.25, -0.2) is 0 Å². The summed E-state index contributed by atoms with van der Waals surface area (Å²) in [4.78, 5) is 12.9. The van der Waals surface area contributed by atoms with Crippen LogP contribution in [0.25, 0.3) is 0 Å². The van der Waals surface area contributed by atoms with Crippen LogP contribution in [0.15, 0.2) is 15.9 Å². The monoisotopic (exact) mass is 275 g/mol. The zero-order chi connectivity index (χ0) is 10.8.